The maximum absolute atomic E-state index is 3.43. The molecule has 0 saturated heterocycles. The van der Waals surface area contributed by atoms with Crippen LogP contribution in [0.5, 0.6) is 0 Å². The topological polar surface area (TPSA) is 12.0 Å². The van der Waals surface area contributed by atoms with Gasteiger partial charge >= 0.3 is 0 Å². The third kappa shape index (κ3) is 1.92. The molecule has 0 atom stereocenters. The molecule has 13 heavy (non-hydrogen) atoms. The van der Waals surface area contributed by atoms with Gasteiger partial charge in [0.25, 0.3) is 0 Å². The lowest BCUT2D eigenvalue weighted by molar-refractivity contribution is 0.827. The largest absolute Gasteiger partial charge is 0.381 e. The molecule has 1 N–H and O–H groups in total. The summed E-state index contributed by atoms with van der Waals surface area (Å²) in [4.78, 5) is 0. The van der Waals surface area contributed by atoms with Crippen LogP contribution >= 0.6 is 0 Å². The van der Waals surface area contributed by atoms with Crippen molar-refractivity contribution in [1.82, 2.24) is 5.32 Å². The zero-order chi connectivity index (χ0) is 9.10. The smallest absolute Gasteiger partial charge is 0.0375 e. The quantitative estimate of drug-likeness (QED) is 0.643. The van der Waals surface area contributed by atoms with E-state index in [1.54, 1.807) is 0 Å². The second kappa shape index (κ2) is 3.65. The van der Waals surface area contributed by atoms with Gasteiger partial charge in [0.15, 0.2) is 0 Å². The van der Waals surface area contributed by atoms with E-state index in [-0.39, 0.29) is 0 Å². The minimum absolute atomic E-state index is 0.993. The third-order valence-corrected chi connectivity index (χ3v) is 2.45. The van der Waals surface area contributed by atoms with Crippen molar-refractivity contribution in [3.63, 3.8) is 0 Å². The molecule has 0 unspecified atom stereocenters. The molecule has 1 aliphatic carbocycles. The molecule has 2 rings (SSSR count). The molecule has 0 saturated carbocycles. The number of rotatable bonds is 1. The first-order valence-electron chi connectivity index (χ1n) is 4.83. The van der Waals surface area contributed by atoms with Crippen molar-refractivity contribution in [3.05, 3.63) is 47.2 Å². The van der Waals surface area contributed by atoms with Crippen molar-refractivity contribution < 1.29 is 0 Å². The zero-order valence-corrected chi connectivity index (χ0v) is 8.01. The van der Waals surface area contributed by atoms with Gasteiger partial charge in [-0.15, -0.1) is 0 Å². The first-order valence-corrected chi connectivity index (χ1v) is 4.83. The lowest BCUT2D eigenvalue weighted by Gasteiger charge is -2.18. The molecular formula is C12H15N. The summed E-state index contributed by atoms with van der Waals surface area (Å²) in [5.74, 6) is 0. The van der Waals surface area contributed by atoms with E-state index in [1.807, 2.05) is 0 Å². The van der Waals surface area contributed by atoms with Gasteiger partial charge in [-0.3, -0.25) is 0 Å². The highest BCUT2D eigenvalue weighted by molar-refractivity contribution is 5.39. The standard InChI is InChI=1S/C12H15N/c1-10-7-8-12(13-9-10)11-5-3-2-4-6-11/h2-3,5,7-8,13H,4,6,9H2,1H3. The molecule has 2 aliphatic rings. The monoisotopic (exact) mass is 173 g/mol. The molecule has 1 heteroatoms. The van der Waals surface area contributed by atoms with Crippen molar-refractivity contribution >= 4 is 0 Å². The second-order valence-corrected chi connectivity index (χ2v) is 3.61. The summed E-state index contributed by atoms with van der Waals surface area (Å²) in [5, 5.41) is 3.43. The normalized spacial score (nSPS) is 21.5. The summed E-state index contributed by atoms with van der Waals surface area (Å²) in [6.07, 6.45) is 13.3. The minimum atomic E-state index is 0.993. The third-order valence-electron chi connectivity index (χ3n) is 2.45. The van der Waals surface area contributed by atoms with Crippen molar-refractivity contribution in [2.75, 3.05) is 6.54 Å². The lowest BCUT2D eigenvalue weighted by Crippen LogP contribution is -2.20. The SMILES string of the molecule is CC1=CC=C(C2=CC=CCC2)NC1. The Kier molecular flexibility index (Phi) is 2.35. The highest BCUT2D eigenvalue weighted by Crippen LogP contribution is 2.20. The van der Waals surface area contributed by atoms with Gasteiger partial charge in [0, 0.05) is 12.2 Å². The Morgan fingerprint density at radius 1 is 1.23 bits per heavy atom. The molecule has 0 spiro atoms. The summed E-state index contributed by atoms with van der Waals surface area (Å²) < 4.78 is 0. The Balaban J connectivity index is 2.17. The van der Waals surface area contributed by atoms with Crippen LogP contribution in [0.3, 0.4) is 0 Å². The molecular weight excluding hydrogens is 158 g/mol. The van der Waals surface area contributed by atoms with Crippen LogP contribution in [0, 0.1) is 0 Å². The van der Waals surface area contributed by atoms with E-state index >= 15 is 0 Å². The van der Waals surface area contributed by atoms with E-state index in [2.05, 4.69) is 42.6 Å². The Bertz CT molecular complexity index is 316. The molecule has 1 aliphatic heterocycles. The van der Waals surface area contributed by atoms with E-state index in [4.69, 9.17) is 0 Å². The molecule has 1 heterocycles. The highest BCUT2D eigenvalue weighted by Gasteiger charge is 2.07. The number of nitrogens with one attached hydrogen (secondary N) is 1. The number of hydrogen-bond acceptors (Lipinski definition) is 1. The molecule has 1 nitrogen and oxygen atoms in total. The first-order chi connectivity index (χ1) is 6.36. The highest BCUT2D eigenvalue weighted by atomic mass is 14.9. The van der Waals surface area contributed by atoms with Crippen molar-refractivity contribution in [2.24, 2.45) is 0 Å². The van der Waals surface area contributed by atoms with Gasteiger partial charge in [0.1, 0.15) is 0 Å². The van der Waals surface area contributed by atoms with E-state index in [9.17, 15) is 0 Å². The second-order valence-electron chi connectivity index (χ2n) is 3.61. The fourth-order valence-electron chi connectivity index (χ4n) is 1.63. The fourth-order valence-corrected chi connectivity index (χ4v) is 1.63. The van der Waals surface area contributed by atoms with Gasteiger partial charge < -0.3 is 5.32 Å². The number of dihydropyridines is 1. The summed E-state index contributed by atoms with van der Waals surface area (Å²) >= 11 is 0. The average Bonchev–Trinajstić information content (AvgIpc) is 2.20. The Morgan fingerprint density at radius 3 is 2.77 bits per heavy atom. The number of hydrogen-bond donors (Lipinski definition) is 1. The first kappa shape index (κ1) is 8.36. The predicted molar refractivity (Wildman–Crippen MR) is 56.3 cm³/mol. The fraction of sp³-hybridized carbons (Fsp3) is 0.333. The van der Waals surface area contributed by atoms with Gasteiger partial charge in [0.2, 0.25) is 0 Å². The van der Waals surface area contributed by atoms with Crippen molar-refractivity contribution in [1.29, 1.82) is 0 Å². The summed E-state index contributed by atoms with van der Waals surface area (Å²) in [6.45, 7) is 3.14. The van der Waals surface area contributed by atoms with Crippen LogP contribution in [-0.2, 0) is 0 Å². The summed E-state index contributed by atoms with van der Waals surface area (Å²) in [6, 6.07) is 0. The van der Waals surface area contributed by atoms with Crippen LogP contribution < -0.4 is 5.32 Å². The van der Waals surface area contributed by atoms with Gasteiger partial charge in [-0.25, -0.2) is 0 Å². The molecule has 0 bridgehead atoms. The molecule has 0 radical (unpaired) electrons. The maximum Gasteiger partial charge on any atom is 0.0375 e. The van der Waals surface area contributed by atoms with E-state index in [0.717, 1.165) is 6.54 Å². The van der Waals surface area contributed by atoms with Crippen LogP contribution in [0.25, 0.3) is 0 Å². The van der Waals surface area contributed by atoms with Crippen LogP contribution in [-0.4, -0.2) is 6.54 Å². The van der Waals surface area contributed by atoms with Crippen LogP contribution in [0.4, 0.5) is 0 Å². The van der Waals surface area contributed by atoms with E-state index < -0.39 is 0 Å². The Hall–Kier alpha value is -1.24. The van der Waals surface area contributed by atoms with Gasteiger partial charge in [-0.2, -0.15) is 0 Å². The summed E-state index contributed by atoms with van der Waals surface area (Å²) in [5.41, 5.74) is 4.14. The average molecular weight is 173 g/mol. The van der Waals surface area contributed by atoms with Crippen LogP contribution in [0.15, 0.2) is 47.2 Å². The Morgan fingerprint density at radius 2 is 2.15 bits per heavy atom. The van der Waals surface area contributed by atoms with Crippen molar-refractivity contribution in [3.8, 4) is 0 Å². The molecule has 0 fully saturated rings. The van der Waals surface area contributed by atoms with Gasteiger partial charge in [-0.1, -0.05) is 29.9 Å². The van der Waals surface area contributed by atoms with Crippen LogP contribution in [0.2, 0.25) is 0 Å². The Labute approximate surface area is 79.5 Å². The summed E-state index contributed by atoms with van der Waals surface area (Å²) in [7, 11) is 0. The maximum atomic E-state index is 3.43. The van der Waals surface area contributed by atoms with Crippen molar-refractivity contribution in [2.45, 2.75) is 19.8 Å². The lowest BCUT2D eigenvalue weighted by atomic mass is 10.00. The van der Waals surface area contributed by atoms with E-state index in [1.165, 1.54) is 29.7 Å². The molecule has 0 aromatic heterocycles. The zero-order valence-electron chi connectivity index (χ0n) is 8.01. The van der Waals surface area contributed by atoms with Gasteiger partial charge in [0.05, 0.1) is 0 Å². The molecule has 68 valence electrons. The molecule has 0 amide bonds. The predicted octanol–water partition coefficient (Wildman–Crippen LogP) is 2.70. The van der Waals surface area contributed by atoms with E-state index in [0.29, 0.717) is 0 Å². The molecule has 0 aromatic rings. The number of allylic oxidation sites excluding steroid dienone is 6. The van der Waals surface area contributed by atoms with Gasteiger partial charge in [-0.05, 0) is 31.4 Å². The molecule has 0 aromatic carbocycles. The van der Waals surface area contributed by atoms with Crippen LogP contribution in [0.1, 0.15) is 19.8 Å². The minimum Gasteiger partial charge on any atom is -0.381 e.